The Kier molecular flexibility index (Phi) is 6.53. The maximum absolute atomic E-state index is 12.2. The zero-order valence-corrected chi connectivity index (χ0v) is 15.3. The third-order valence-corrected chi connectivity index (χ3v) is 4.28. The molecule has 2 rings (SSSR count). The van der Waals surface area contributed by atoms with Crippen LogP contribution in [0.5, 0.6) is 0 Å². The summed E-state index contributed by atoms with van der Waals surface area (Å²) in [7, 11) is 0. The molecule has 0 aliphatic carbocycles. The highest BCUT2D eigenvalue weighted by molar-refractivity contribution is 7.98. The van der Waals surface area contributed by atoms with E-state index in [1.54, 1.807) is 24.6 Å². The molecule has 1 heterocycles. The number of halogens is 1. The van der Waals surface area contributed by atoms with Gasteiger partial charge in [0, 0.05) is 18.3 Å². The van der Waals surface area contributed by atoms with Crippen molar-refractivity contribution < 1.29 is 19.2 Å². The first-order chi connectivity index (χ1) is 12.3. The Balaban J connectivity index is 2.06. The second kappa shape index (κ2) is 8.63. The van der Waals surface area contributed by atoms with Gasteiger partial charge in [-0.15, -0.1) is 11.8 Å². The molecule has 0 aliphatic rings. The predicted octanol–water partition coefficient (Wildman–Crippen LogP) is 3.55. The molecule has 0 saturated carbocycles. The van der Waals surface area contributed by atoms with Crippen LogP contribution in [-0.2, 0) is 9.53 Å². The molecule has 0 bridgehead atoms. The van der Waals surface area contributed by atoms with E-state index in [4.69, 9.17) is 16.3 Å². The predicted molar refractivity (Wildman–Crippen MR) is 97.6 cm³/mol. The molecule has 26 heavy (non-hydrogen) atoms. The molecule has 10 heteroatoms. The molecule has 0 aliphatic heterocycles. The van der Waals surface area contributed by atoms with Crippen LogP contribution in [0.2, 0.25) is 5.02 Å². The number of carbonyl (C=O) groups excluding carboxylic acids is 2. The molecule has 0 saturated heterocycles. The molecular formula is C16H14ClN3O5S. The number of hydrogen-bond acceptors (Lipinski definition) is 7. The first-order valence-electron chi connectivity index (χ1n) is 7.28. The van der Waals surface area contributed by atoms with Gasteiger partial charge in [-0.1, -0.05) is 11.6 Å². The average Bonchev–Trinajstić information content (AvgIpc) is 2.62. The third-order valence-electron chi connectivity index (χ3n) is 3.26. The molecule has 1 atom stereocenters. The molecule has 0 unspecified atom stereocenters. The Morgan fingerprint density at radius 3 is 2.73 bits per heavy atom. The molecule has 0 fully saturated rings. The molecule has 8 nitrogen and oxygen atoms in total. The lowest BCUT2D eigenvalue weighted by molar-refractivity contribution is -0.384. The number of non-ortho nitro benzene ring substituents is 1. The largest absolute Gasteiger partial charge is 0.449 e. The summed E-state index contributed by atoms with van der Waals surface area (Å²) in [6, 6.07) is 6.78. The fourth-order valence-corrected chi connectivity index (χ4v) is 2.70. The van der Waals surface area contributed by atoms with Crippen molar-refractivity contribution in [3.63, 3.8) is 0 Å². The van der Waals surface area contributed by atoms with Gasteiger partial charge >= 0.3 is 5.97 Å². The summed E-state index contributed by atoms with van der Waals surface area (Å²) in [5, 5.41) is 13.7. The fraction of sp³-hybridized carbons (Fsp3) is 0.188. The zero-order valence-electron chi connectivity index (χ0n) is 13.8. The lowest BCUT2D eigenvalue weighted by Crippen LogP contribution is -2.30. The van der Waals surface area contributed by atoms with Gasteiger partial charge in [-0.2, -0.15) is 0 Å². The molecule has 1 aromatic carbocycles. The molecular weight excluding hydrogens is 382 g/mol. The van der Waals surface area contributed by atoms with Crippen LogP contribution in [-0.4, -0.2) is 34.1 Å². The number of amides is 1. The number of anilines is 1. The van der Waals surface area contributed by atoms with Gasteiger partial charge in [-0.3, -0.25) is 14.9 Å². The standard InChI is InChI=1S/C16H14ClN3O5S/c1-9(25-16(22)11-4-3-7-18-15(11)26-2)14(21)19-13-6-5-10(20(23)24)8-12(13)17/h3-9H,1-2H3,(H,19,21)/t9-/m0/s1. The van der Waals surface area contributed by atoms with E-state index in [0.717, 1.165) is 6.07 Å². The minimum Gasteiger partial charge on any atom is -0.449 e. The van der Waals surface area contributed by atoms with Crippen molar-refractivity contribution in [2.45, 2.75) is 18.1 Å². The van der Waals surface area contributed by atoms with Crippen LogP contribution in [0.3, 0.4) is 0 Å². The van der Waals surface area contributed by atoms with Crippen LogP contribution in [0.4, 0.5) is 11.4 Å². The minimum atomic E-state index is -1.11. The van der Waals surface area contributed by atoms with Crippen molar-refractivity contribution in [1.29, 1.82) is 0 Å². The van der Waals surface area contributed by atoms with Crippen LogP contribution in [0, 0.1) is 10.1 Å². The van der Waals surface area contributed by atoms with Crippen LogP contribution >= 0.6 is 23.4 Å². The number of nitrogens with one attached hydrogen (secondary N) is 1. The van der Waals surface area contributed by atoms with Crippen molar-refractivity contribution >= 4 is 46.6 Å². The van der Waals surface area contributed by atoms with Gasteiger partial charge in [-0.05, 0) is 31.4 Å². The number of ether oxygens (including phenoxy) is 1. The lowest BCUT2D eigenvalue weighted by atomic mass is 10.2. The molecule has 0 radical (unpaired) electrons. The van der Waals surface area contributed by atoms with Crippen molar-refractivity contribution in [1.82, 2.24) is 4.98 Å². The number of nitrogens with zero attached hydrogens (tertiary/aromatic N) is 2. The number of aromatic nitrogens is 1. The highest BCUT2D eigenvalue weighted by Crippen LogP contribution is 2.27. The van der Waals surface area contributed by atoms with Gasteiger partial charge in [0.2, 0.25) is 0 Å². The molecule has 1 aromatic heterocycles. The number of esters is 1. The maximum atomic E-state index is 12.2. The quantitative estimate of drug-likeness (QED) is 0.344. The first-order valence-corrected chi connectivity index (χ1v) is 8.88. The van der Waals surface area contributed by atoms with Crippen LogP contribution in [0.25, 0.3) is 0 Å². The highest BCUT2D eigenvalue weighted by atomic mass is 35.5. The second-order valence-electron chi connectivity index (χ2n) is 5.02. The van der Waals surface area contributed by atoms with Crippen molar-refractivity contribution in [2.24, 2.45) is 0 Å². The number of hydrogen-bond donors (Lipinski definition) is 1. The third kappa shape index (κ3) is 4.70. The van der Waals surface area contributed by atoms with Crippen LogP contribution in [0.15, 0.2) is 41.6 Å². The topological polar surface area (TPSA) is 111 Å². The van der Waals surface area contributed by atoms with Gasteiger partial charge in [-0.25, -0.2) is 9.78 Å². The number of thioether (sulfide) groups is 1. The smallest absolute Gasteiger partial charge is 0.341 e. The van der Waals surface area contributed by atoms with Crippen LogP contribution in [0.1, 0.15) is 17.3 Å². The number of pyridine rings is 1. The van der Waals surface area contributed by atoms with Gasteiger partial charge in [0.1, 0.15) is 5.03 Å². The normalized spacial score (nSPS) is 11.5. The van der Waals surface area contributed by atoms with Crippen molar-refractivity contribution in [3.05, 3.63) is 57.2 Å². The summed E-state index contributed by atoms with van der Waals surface area (Å²) in [6.45, 7) is 1.40. The second-order valence-corrected chi connectivity index (χ2v) is 6.22. The summed E-state index contributed by atoms with van der Waals surface area (Å²) in [5.74, 6) is -1.30. The molecule has 1 N–H and O–H groups in total. The summed E-state index contributed by atoms with van der Waals surface area (Å²) < 4.78 is 5.16. The summed E-state index contributed by atoms with van der Waals surface area (Å²) >= 11 is 7.21. The Labute approximate surface area is 158 Å². The summed E-state index contributed by atoms with van der Waals surface area (Å²) in [6.07, 6.45) is 2.21. The van der Waals surface area contributed by atoms with E-state index in [1.165, 1.54) is 30.8 Å². The summed E-state index contributed by atoms with van der Waals surface area (Å²) in [5.41, 5.74) is 0.234. The van der Waals surface area contributed by atoms with Crippen molar-refractivity contribution in [3.8, 4) is 0 Å². The number of benzene rings is 1. The Hall–Kier alpha value is -2.65. The SMILES string of the molecule is CSc1ncccc1C(=O)O[C@@H](C)C(=O)Nc1ccc([N+](=O)[O-])cc1Cl. The number of nitro groups is 1. The van der Waals surface area contributed by atoms with Gasteiger partial charge in [0.15, 0.2) is 6.10 Å². The van der Waals surface area contributed by atoms with E-state index in [9.17, 15) is 19.7 Å². The van der Waals surface area contributed by atoms with Gasteiger partial charge < -0.3 is 10.1 Å². The Bertz CT molecular complexity index is 862. The summed E-state index contributed by atoms with van der Waals surface area (Å²) in [4.78, 5) is 38.6. The average molecular weight is 396 g/mol. The van der Waals surface area contributed by atoms with E-state index in [2.05, 4.69) is 10.3 Å². The molecule has 136 valence electrons. The van der Waals surface area contributed by atoms with Gasteiger partial charge in [0.05, 0.1) is 21.2 Å². The number of rotatable bonds is 6. The highest BCUT2D eigenvalue weighted by Gasteiger charge is 2.22. The molecule has 1 amide bonds. The molecule has 0 spiro atoms. The molecule has 2 aromatic rings. The maximum Gasteiger partial charge on any atom is 0.341 e. The number of carbonyl (C=O) groups is 2. The lowest BCUT2D eigenvalue weighted by Gasteiger charge is -2.15. The minimum absolute atomic E-state index is 0.00278. The number of nitro benzene ring substituents is 1. The van der Waals surface area contributed by atoms with Gasteiger partial charge in [0.25, 0.3) is 11.6 Å². The van der Waals surface area contributed by atoms with E-state index in [1.807, 2.05) is 0 Å². The van der Waals surface area contributed by atoms with E-state index in [0.29, 0.717) is 5.03 Å². The van der Waals surface area contributed by atoms with Crippen LogP contribution < -0.4 is 5.32 Å². The van der Waals surface area contributed by atoms with E-state index in [-0.39, 0.29) is 22.0 Å². The Morgan fingerprint density at radius 1 is 1.38 bits per heavy atom. The first kappa shape index (κ1) is 19.7. The van der Waals surface area contributed by atoms with E-state index < -0.39 is 22.9 Å². The zero-order chi connectivity index (χ0) is 19.3. The van der Waals surface area contributed by atoms with Crippen molar-refractivity contribution in [2.75, 3.05) is 11.6 Å². The fourth-order valence-electron chi connectivity index (χ4n) is 1.94. The monoisotopic (exact) mass is 395 g/mol. The van der Waals surface area contributed by atoms with E-state index >= 15 is 0 Å². The Morgan fingerprint density at radius 2 is 2.12 bits per heavy atom.